The van der Waals surface area contributed by atoms with Crippen LogP contribution in [0.25, 0.3) is 0 Å². The summed E-state index contributed by atoms with van der Waals surface area (Å²) in [6, 6.07) is 1.52. The molecule has 1 aliphatic carbocycles. The van der Waals surface area contributed by atoms with Crippen LogP contribution in [0, 0.1) is 0 Å². The van der Waals surface area contributed by atoms with Crippen molar-refractivity contribution in [3.8, 4) is 11.5 Å². The van der Waals surface area contributed by atoms with Crippen molar-refractivity contribution in [3.63, 3.8) is 0 Å². The Kier molecular flexibility index (Phi) is 1.01. The van der Waals surface area contributed by atoms with Crippen molar-refractivity contribution in [2.75, 3.05) is 0 Å². The van der Waals surface area contributed by atoms with Crippen molar-refractivity contribution in [1.29, 1.82) is 0 Å². The number of phenols is 2. The Morgan fingerprint density at radius 2 is 2.00 bits per heavy atom. The van der Waals surface area contributed by atoms with Gasteiger partial charge in [-0.15, -0.1) is 0 Å². The maximum atomic E-state index is 9.22. The smallest absolute Gasteiger partial charge is 0.133 e. The van der Waals surface area contributed by atoms with E-state index in [2.05, 4.69) is 15.9 Å². The molecule has 0 unspecified atom stereocenters. The fourth-order valence-electron chi connectivity index (χ4n) is 1.02. The van der Waals surface area contributed by atoms with Crippen molar-refractivity contribution in [2.24, 2.45) is 0 Å². The lowest BCUT2D eigenvalue weighted by Crippen LogP contribution is -1.67. The molecule has 0 aromatic heterocycles. The molecule has 3 heteroatoms. The van der Waals surface area contributed by atoms with E-state index in [0.29, 0.717) is 4.47 Å². The van der Waals surface area contributed by atoms with Crippen LogP contribution in [-0.2, 0) is 6.42 Å². The highest BCUT2D eigenvalue weighted by Crippen LogP contribution is 2.46. The molecular weight excluding hydrogens is 196 g/mol. The fourth-order valence-corrected chi connectivity index (χ4v) is 1.48. The van der Waals surface area contributed by atoms with Crippen molar-refractivity contribution in [1.82, 2.24) is 0 Å². The largest absolute Gasteiger partial charge is 0.508 e. The summed E-state index contributed by atoms with van der Waals surface area (Å²) >= 11 is 3.12. The van der Waals surface area contributed by atoms with E-state index in [1.54, 1.807) is 0 Å². The third-order valence-electron chi connectivity index (χ3n) is 1.68. The average Bonchev–Trinajstić information content (AvgIpc) is 2.61. The quantitative estimate of drug-likeness (QED) is 0.637. The van der Waals surface area contributed by atoms with Gasteiger partial charge in [-0.1, -0.05) is 0 Å². The lowest BCUT2D eigenvalue weighted by Gasteiger charge is -1.94. The second kappa shape index (κ2) is 1.66. The van der Waals surface area contributed by atoms with Crippen molar-refractivity contribution >= 4 is 15.9 Å². The zero-order valence-corrected chi connectivity index (χ0v) is 6.64. The topological polar surface area (TPSA) is 40.5 Å². The SMILES string of the molecule is Oc1cc(Br)c(O)c2c1C2. The van der Waals surface area contributed by atoms with Gasteiger partial charge in [0.15, 0.2) is 0 Å². The Hall–Kier alpha value is -0.700. The van der Waals surface area contributed by atoms with Gasteiger partial charge in [0.1, 0.15) is 11.5 Å². The maximum absolute atomic E-state index is 9.22. The van der Waals surface area contributed by atoms with E-state index >= 15 is 0 Å². The number of fused-ring (bicyclic) bond motifs is 1. The van der Waals surface area contributed by atoms with Gasteiger partial charge in [-0.05, 0) is 22.0 Å². The van der Waals surface area contributed by atoms with Crippen LogP contribution >= 0.6 is 15.9 Å². The van der Waals surface area contributed by atoms with E-state index in [1.807, 2.05) is 0 Å². The molecule has 0 spiro atoms. The minimum Gasteiger partial charge on any atom is -0.508 e. The summed E-state index contributed by atoms with van der Waals surface area (Å²) in [4.78, 5) is 0. The predicted molar refractivity (Wildman–Crippen MR) is 40.3 cm³/mol. The summed E-state index contributed by atoms with van der Waals surface area (Å²) in [6.07, 6.45) is 0.725. The summed E-state index contributed by atoms with van der Waals surface area (Å²) in [7, 11) is 0. The van der Waals surface area contributed by atoms with Gasteiger partial charge >= 0.3 is 0 Å². The zero-order valence-electron chi connectivity index (χ0n) is 5.06. The van der Waals surface area contributed by atoms with Crippen molar-refractivity contribution in [2.45, 2.75) is 6.42 Å². The maximum Gasteiger partial charge on any atom is 0.133 e. The van der Waals surface area contributed by atoms with E-state index in [0.717, 1.165) is 17.5 Å². The van der Waals surface area contributed by atoms with Gasteiger partial charge < -0.3 is 10.2 Å². The molecule has 10 heavy (non-hydrogen) atoms. The molecule has 0 bridgehead atoms. The predicted octanol–water partition coefficient (Wildman–Crippen LogP) is 1.76. The Labute approximate surface area is 66.2 Å². The Bertz CT molecular complexity index is 303. The first-order chi connectivity index (χ1) is 4.70. The minimum absolute atomic E-state index is 0.271. The monoisotopic (exact) mass is 200 g/mol. The van der Waals surface area contributed by atoms with E-state index in [9.17, 15) is 5.11 Å². The lowest BCUT2D eigenvalue weighted by atomic mass is 10.3. The normalized spacial score (nSPS) is 12.9. The molecule has 2 rings (SSSR count). The van der Waals surface area contributed by atoms with Gasteiger partial charge in [0.05, 0.1) is 4.47 Å². The first kappa shape index (κ1) is 6.04. The number of rotatable bonds is 0. The summed E-state index contributed by atoms with van der Waals surface area (Å²) < 4.78 is 0.571. The number of hydrogen-bond donors (Lipinski definition) is 2. The first-order valence-corrected chi connectivity index (χ1v) is 3.71. The van der Waals surface area contributed by atoms with Crippen molar-refractivity contribution in [3.05, 3.63) is 21.7 Å². The molecule has 0 radical (unpaired) electrons. The summed E-state index contributed by atoms with van der Waals surface area (Å²) in [6.45, 7) is 0. The van der Waals surface area contributed by atoms with Gasteiger partial charge in [0.2, 0.25) is 0 Å². The number of halogens is 1. The van der Waals surface area contributed by atoms with Gasteiger partial charge in [-0.3, -0.25) is 0 Å². The van der Waals surface area contributed by atoms with Crippen LogP contribution in [0.3, 0.4) is 0 Å². The Balaban J connectivity index is 2.71. The summed E-state index contributed by atoms with van der Waals surface area (Å²) in [5, 5.41) is 18.4. The van der Waals surface area contributed by atoms with Gasteiger partial charge in [0.25, 0.3) is 0 Å². The molecule has 0 atom stereocenters. The first-order valence-electron chi connectivity index (χ1n) is 2.92. The molecular formula is C7H5BrO2. The Morgan fingerprint density at radius 1 is 1.30 bits per heavy atom. The molecule has 0 saturated carbocycles. The molecule has 1 aromatic carbocycles. The van der Waals surface area contributed by atoms with Crippen LogP contribution < -0.4 is 0 Å². The highest BCUT2D eigenvalue weighted by molar-refractivity contribution is 9.10. The van der Waals surface area contributed by atoms with Gasteiger partial charge in [-0.2, -0.15) is 0 Å². The molecule has 0 fully saturated rings. The molecule has 2 N–H and O–H groups in total. The lowest BCUT2D eigenvalue weighted by molar-refractivity contribution is 0.460. The number of aromatic hydroxyl groups is 2. The average molecular weight is 201 g/mol. The van der Waals surface area contributed by atoms with Crippen LogP contribution in [0.4, 0.5) is 0 Å². The summed E-state index contributed by atoms with van der Waals surface area (Å²) in [5.74, 6) is 0.549. The highest BCUT2D eigenvalue weighted by Gasteiger charge is 2.27. The molecule has 1 aromatic rings. The molecule has 52 valence electrons. The van der Waals surface area contributed by atoms with Crippen LogP contribution in [0.15, 0.2) is 10.5 Å². The highest BCUT2D eigenvalue weighted by atomic mass is 79.9. The number of phenolic OH excluding ortho intramolecular Hbond substituents is 2. The molecule has 0 heterocycles. The number of benzene rings is 1. The number of hydrogen-bond acceptors (Lipinski definition) is 2. The van der Waals surface area contributed by atoms with E-state index in [1.165, 1.54) is 6.07 Å². The molecule has 0 aliphatic heterocycles. The Morgan fingerprint density at radius 3 is 2.70 bits per heavy atom. The van der Waals surface area contributed by atoms with Crippen LogP contribution in [0.5, 0.6) is 11.5 Å². The van der Waals surface area contributed by atoms with Crippen LogP contribution in [-0.4, -0.2) is 10.2 Å². The van der Waals surface area contributed by atoms with Gasteiger partial charge in [-0.25, -0.2) is 0 Å². The third kappa shape index (κ3) is 0.639. The van der Waals surface area contributed by atoms with E-state index < -0.39 is 0 Å². The third-order valence-corrected chi connectivity index (χ3v) is 2.28. The second-order valence-electron chi connectivity index (χ2n) is 2.36. The molecule has 1 aliphatic rings. The molecule has 2 nitrogen and oxygen atoms in total. The molecule has 0 amide bonds. The zero-order chi connectivity index (χ0) is 7.30. The van der Waals surface area contributed by atoms with Crippen LogP contribution in [0.1, 0.15) is 11.1 Å². The second-order valence-corrected chi connectivity index (χ2v) is 3.21. The standard InChI is InChI=1S/C7H5BrO2/c8-5-2-6(9)3-1-4(3)7(5)10/h2,9-10H,1H2. The summed E-state index contributed by atoms with van der Waals surface area (Å²) in [5.41, 5.74) is 1.74. The van der Waals surface area contributed by atoms with Crippen LogP contribution in [0.2, 0.25) is 0 Å². The van der Waals surface area contributed by atoms with Gasteiger partial charge in [0, 0.05) is 17.5 Å². The van der Waals surface area contributed by atoms with E-state index in [4.69, 9.17) is 5.11 Å². The van der Waals surface area contributed by atoms with E-state index in [-0.39, 0.29) is 11.5 Å². The fraction of sp³-hybridized carbons (Fsp3) is 0.143. The molecule has 0 saturated heterocycles. The van der Waals surface area contributed by atoms with Crippen molar-refractivity contribution < 1.29 is 10.2 Å². The minimum atomic E-state index is 0.271.